The Labute approximate surface area is 112 Å². The van der Waals surface area contributed by atoms with E-state index in [0.29, 0.717) is 25.1 Å². The summed E-state index contributed by atoms with van der Waals surface area (Å²) >= 11 is 0. The first-order valence-corrected chi connectivity index (χ1v) is 8.00. The summed E-state index contributed by atoms with van der Waals surface area (Å²) in [6.45, 7) is 1.17. The Bertz CT molecular complexity index is 554. The first kappa shape index (κ1) is 14.1. The van der Waals surface area contributed by atoms with Gasteiger partial charge in [0, 0.05) is 12.1 Å². The molecule has 0 N–H and O–H groups in total. The molecule has 1 aliphatic heterocycles. The van der Waals surface area contributed by atoms with Gasteiger partial charge in [-0.2, -0.15) is 0 Å². The van der Waals surface area contributed by atoms with Crippen molar-refractivity contribution in [1.82, 2.24) is 4.90 Å². The van der Waals surface area contributed by atoms with Crippen LogP contribution in [0.25, 0.3) is 0 Å². The van der Waals surface area contributed by atoms with Gasteiger partial charge in [0.2, 0.25) is 0 Å². The minimum Gasteiger partial charge on any atom is -0.295 e. The summed E-state index contributed by atoms with van der Waals surface area (Å²) in [5.74, 6) is -0.200. The number of carbonyl (C=O) groups is 1. The van der Waals surface area contributed by atoms with E-state index in [1.165, 1.54) is 24.3 Å². The van der Waals surface area contributed by atoms with Gasteiger partial charge in [0.15, 0.2) is 15.6 Å². The molecule has 0 atom stereocenters. The van der Waals surface area contributed by atoms with Crippen LogP contribution in [0.3, 0.4) is 0 Å². The Morgan fingerprint density at radius 3 is 2.53 bits per heavy atom. The van der Waals surface area contributed by atoms with E-state index >= 15 is 0 Å². The number of carbonyl (C=O) groups excluding carboxylic acids is 1. The first-order valence-electron chi connectivity index (χ1n) is 6.18. The van der Waals surface area contributed by atoms with Gasteiger partial charge in [-0.25, -0.2) is 12.8 Å². The predicted octanol–water partition coefficient (Wildman–Crippen LogP) is 1.13. The lowest BCUT2D eigenvalue weighted by atomic mass is 10.1. The maximum Gasteiger partial charge on any atom is 0.176 e. The van der Waals surface area contributed by atoms with Gasteiger partial charge in [-0.1, -0.05) is 0 Å². The molecule has 6 heteroatoms. The van der Waals surface area contributed by atoms with E-state index in [4.69, 9.17) is 0 Å². The molecule has 0 spiro atoms. The van der Waals surface area contributed by atoms with Gasteiger partial charge < -0.3 is 0 Å². The van der Waals surface area contributed by atoms with Crippen molar-refractivity contribution in [2.24, 2.45) is 0 Å². The number of rotatable bonds is 3. The maximum atomic E-state index is 12.8. The third kappa shape index (κ3) is 4.11. The van der Waals surface area contributed by atoms with Crippen molar-refractivity contribution >= 4 is 15.6 Å². The lowest BCUT2D eigenvalue weighted by Gasteiger charge is -2.17. The van der Waals surface area contributed by atoms with Crippen LogP contribution in [0.15, 0.2) is 24.3 Å². The molecule has 0 saturated carbocycles. The highest BCUT2D eigenvalue weighted by molar-refractivity contribution is 7.91. The zero-order valence-electron chi connectivity index (χ0n) is 10.5. The second-order valence-corrected chi connectivity index (χ2v) is 7.02. The molecule has 1 fully saturated rings. The van der Waals surface area contributed by atoms with E-state index in [9.17, 15) is 17.6 Å². The maximum absolute atomic E-state index is 12.8. The van der Waals surface area contributed by atoms with Gasteiger partial charge in [-0.3, -0.25) is 9.69 Å². The Morgan fingerprint density at radius 1 is 1.16 bits per heavy atom. The molecule has 0 unspecified atom stereocenters. The lowest BCUT2D eigenvalue weighted by Crippen LogP contribution is -2.32. The number of Topliss-reactive ketones (excluding diaryl/α,β-unsaturated/α-hetero) is 1. The highest BCUT2D eigenvalue weighted by Crippen LogP contribution is 2.08. The molecule has 19 heavy (non-hydrogen) atoms. The summed E-state index contributed by atoms with van der Waals surface area (Å²) in [5.41, 5.74) is 0.452. The van der Waals surface area contributed by atoms with Crippen LogP contribution < -0.4 is 0 Å². The van der Waals surface area contributed by atoms with Crippen LogP contribution in [0.5, 0.6) is 0 Å². The van der Waals surface area contributed by atoms with E-state index in [1.807, 2.05) is 4.90 Å². The van der Waals surface area contributed by atoms with Crippen LogP contribution >= 0.6 is 0 Å². The van der Waals surface area contributed by atoms with Crippen LogP contribution in [0.2, 0.25) is 0 Å². The first-order chi connectivity index (χ1) is 8.96. The predicted molar refractivity (Wildman–Crippen MR) is 70.4 cm³/mol. The molecule has 1 saturated heterocycles. The van der Waals surface area contributed by atoms with Gasteiger partial charge >= 0.3 is 0 Å². The molecule has 1 heterocycles. The van der Waals surface area contributed by atoms with E-state index < -0.39 is 9.84 Å². The van der Waals surface area contributed by atoms with Crippen molar-refractivity contribution in [1.29, 1.82) is 0 Å². The summed E-state index contributed by atoms with van der Waals surface area (Å²) < 4.78 is 35.7. The average Bonchev–Trinajstić information content (AvgIpc) is 2.52. The van der Waals surface area contributed by atoms with E-state index in [1.54, 1.807) is 0 Å². The third-order valence-electron chi connectivity index (χ3n) is 3.18. The summed E-state index contributed by atoms with van der Waals surface area (Å²) in [5, 5.41) is 0. The number of halogens is 1. The van der Waals surface area contributed by atoms with Crippen molar-refractivity contribution < 1.29 is 17.6 Å². The van der Waals surface area contributed by atoms with Crippen LogP contribution in [0, 0.1) is 5.82 Å². The fourth-order valence-electron chi connectivity index (χ4n) is 2.08. The minimum absolute atomic E-state index is 0.101. The van der Waals surface area contributed by atoms with Crippen LogP contribution in [0.1, 0.15) is 16.8 Å². The van der Waals surface area contributed by atoms with Crippen molar-refractivity contribution in [3.63, 3.8) is 0 Å². The van der Waals surface area contributed by atoms with Crippen molar-refractivity contribution in [2.45, 2.75) is 6.42 Å². The molecule has 0 bridgehead atoms. The summed E-state index contributed by atoms with van der Waals surface area (Å²) in [6, 6.07) is 5.40. The Balaban J connectivity index is 1.97. The highest BCUT2D eigenvalue weighted by Gasteiger charge is 2.20. The van der Waals surface area contributed by atoms with Gasteiger partial charge in [0.1, 0.15) is 5.82 Å². The molecule has 0 aliphatic carbocycles. The quantitative estimate of drug-likeness (QED) is 0.781. The molecule has 1 aromatic rings. The van der Waals surface area contributed by atoms with Crippen LogP contribution in [0.4, 0.5) is 4.39 Å². The largest absolute Gasteiger partial charge is 0.295 e. The second kappa shape index (κ2) is 5.79. The number of ketones is 1. The molecule has 1 aliphatic rings. The van der Waals surface area contributed by atoms with Gasteiger partial charge in [-0.15, -0.1) is 0 Å². The van der Waals surface area contributed by atoms with E-state index in [-0.39, 0.29) is 29.7 Å². The standard InChI is InChI=1S/C13H16FNO3S/c14-12-4-2-11(3-5-12)13(16)10-15-6-1-8-19(17,18)9-7-15/h2-5H,1,6-10H2. The SMILES string of the molecule is O=C(CN1CCCS(=O)(=O)CC1)c1ccc(F)cc1. The van der Waals surface area contributed by atoms with E-state index in [0.717, 1.165) is 0 Å². The van der Waals surface area contributed by atoms with Crippen LogP contribution in [-0.4, -0.2) is 50.2 Å². The Kier molecular flexibility index (Phi) is 4.31. The Morgan fingerprint density at radius 2 is 1.84 bits per heavy atom. The zero-order chi connectivity index (χ0) is 13.9. The zero-order valence-corrected chi connectivity index (χ0v) is 11.3. The normalized spacial score (nSPS) is 19.8. The van der Waals surface area contributed by atoms with Crippen LogP contribution in [-0.2, 0) is 9.84 Å². The van der Waals surface area contributed by atoms with Gasteiger partial charge in [0.05, 0.1) is 18.1 Å². The van der Waals surface area contributed by atoms with Crippen molar-refractivity contribution in [3.05, 3.63) is 35.6 Å². The summed E-state index contributed by atoms with van der Waals surface area (Å²) in [4.78, 5) is 13.8. The number of benzene rings is 1. The van der Waals surface area contributed by atoms with E-state index in [2.05, 4.69) is 0 Å². The molecule has 2 rings (SSSR count). The third-order valence-corrected chi connectivity index (χ3v) is 4.90. The van der Waals surface area contributed by atoms with Gasteiger partial charge in [-0.05, 0) is 37.2 Å². The molecule has 0 amide bonds. The fourth-order valence-corrected chi connectivity index (χ4v) is 3.39. The smallest absolute Gasteiger partial charge is 0.176 e. The molecule has 104 valence electrons. The fraction of sp³-hybridized carbons (Fsp3) is 0.462. The molecular formula is C13H16FNO3S. The number of hydrogen-bond acceptors (Lipinski definition) is 4. The number of nitrogens with zero attached hydrogens (tertiary/aromatic N) is 1. The minimum atomic E-state index is -2.96. The van der Waals surface area contributed by atoms with Crippen molar-refractivity contribution in [2.75, 3.05) is 31.1 Å². The highest BCUT2D eigenvalue weighted by atomic mass is 32.2. The molecular weight excluding hydrogens is 269 g/mol. The summed E-state index contributed by atoms with van der Waals surface area (Å²) in [6.07, 6.45) is 0.555. The van der Waals surface area contributed by atoms with Crippen molar-refractivity contribution in [3.8, 4) is 0 Å². The average molecular weight is 285 g/mol. The molecule has 0 aromatic heterocycles. The molecule has 0 radical (unpaired) electrons. The summed E-state index contributed by atoms with van der Waals surface area (Å²) in [7, 11) is -2.96. The Hall–Kier alpha value is -1.27. The number of sulfone groups is 1. The topological polar surface area (TPSA) is 54.5 Å². The molecule has 1 aromatic carbocycles. The molecule has 4 nitrogen and oxygen atoms in total. The van der Waals surface area contributed by atoms with Gasteiger partial charge in [0.25, 0.3) is 0 Å². The monoisotopic (exact) mass is 285 g/mol. The lowest BCUT2D eigenvalue weighted by molar-refractivity contribution is 0.0935. The number of hydrogen-bond donors (Lipinski definition) is 0. The second-order valence-electron chi connectivity index (χ2n) is 4.71.